The number of aliphatic carboxylic acids is 1. The zero-order chi connectivity index (χ0) is 11.5. The predicted molar refractivity (Wildman–Crippen MR) is 66.1 cm³/mol. The fourth-order valence-electron chi connectivity index (χ4n) is 2.50. The van der Waals surface area contributed by atoms with E-state index >= 15 is 0 Å². The first kappa shape index (κ1) is 11.9. The summed E-state index contributed by atoms with van der Waals surface area (Å²) in [6.07, 6.45) is 4.95. The molecule has 1 aliphatic rings. The molecule has 0 saturated heterocycles. The Labute approximate surface area is 104 Å². The minimum absolute atomic E-state index is 0.158. The number of carboxylic acids is 1. The van der Waals surface area contributed by atoms with Crippen LogP contribution in [0.15, 0.2) is 12.1 Å². The first-order chi connectivity index (χ1) is 7.66. The molecule has 2 atom stereocenters. The molecule has 0 aromatic carbocycles. The van der Waals surface area contributed by atoms with Gasteiger partial charge in [-0.05, 0) is 37.3 Å². The van der Waals surface area contributed by atoms with E-state index in [-0.39, 0.29) is 5.92 Å². The molecule has 1 saturated carbocycles. The standard InChI is InChI=1S/C12H15ClO2S/c13-11-6-5-9(16-11)7-8-3-1-2-4-10(8)12(14)15/h5-6,8,10H,1-4,7H2,(H,14,15). The van der Waals surface area contributed by atoms with Crippen LogP contribution in [0.5, 0.6) is 0 Å². The topological polar surface area (TPSA) is 37.3 Å². The van der Waals surface area contributed by atoms with Gasteiger partial charge in [0.25, 0.3) is 0 Å². The molecule has 1 heterocycles. The molecule has 1 fully saturated rings. The molecular formula is C12H15ClO2S. The Kier molecular flexibility index (Phi) is 3.87. The fraction of sp³-hybridized carbons (Fsp3) is 0.583. The number of thiophene rings is 1. The number of carbonyl (C=O) groups is 1. The van der Waals surface area contributed by atoms with Gasteiger partial charge in [0.1, 0.15) is 0 Å². The van der Waals surface area contributed by atoms with E-state index in [0.717, 1.165) is 36.4 Å². The zero-order valence-electron chi connectivity index (χ0n) is 8.99. The van der Waals surface area contributed by atoms with Gasteiger partial charge in [-0.2, -0.15) is 0 Å². The van der Waals surface area contributed by atoms with Crippen LogP contribution >= 0.6 is 22.9 Å². The molecule has 1 aliphatic carbocycles. The number of hydrogen-bond acceptors (Lipinski definition) is 2. The van der Waals surface area contributed by atoms with E-state index in [0.29, 0.717) is 5.92 Å². The highest BCUT2D eigenvalue weighted by atomic mass is 35.5. The van der Waals surface area contributed by atoms with Crippen LogP contribution in [0.25, 0.3) is 0 Å². The van der Waals surface area contributed by atoms with Crippen LogP contribution in [-0.4, -0.2) is 11.1 Å². The molecule has 4 heteroatoms. The predicted octanol–water partition coefficient (Wildman–Crippen LogP) is 3.84. The summed E-state index contributed by atoms with van der Waals surface area (Å²) < 4.78 is 0.790. The summed E-state index contributed by atoms with van der Waals surface area (Å²) in [5.74, 6) is -0.497. The minimum Gasteiger partial charge on any atom is -0.481 e. The minimum atomic E-state index is -0.632. The van der Waals surface area contributed by atoms with Crippen molar-refractivity contribution < 1.29 is 9.90 Å². The van der Waals surface area contributed by atoms with Gasteiger partial charge in [-0.3, -0.25) is 4.79 Å². The van der Waals surface area contributed by atoms with Crippen LogP contribution in [-0.2, 0) is 11.2 Å². The van der Waals surface area contributed by atoms with Gasteiger partial charge in [0, 0.05) is 4.88 Å². The van der Waals surface area contributed by atoms with Crippen molar-refractivity contribution in [2.24, 2.45) is 11.8 Å². The molecule has 88 valence electrons. The Bertz CT molecular complexity index is 375. The number of halogens is 1. The quantitative estimate of drug-likeness (QED) is 0.895. The first-order valence-corrected chi connectivity index (χ1v) is 6.83. The zero-order valence-corrected chi connectivity index (χ0v) is 10.6. The average molecular weight is 259 g/mol. The molecule has 0 aliphatic heterocycles. The lowest BCUT2D eigenvalue weighted by Gasteiger charge is -2.28. The molecule has 1 N–H and O–H groups in total. The molecular weight excluding hydrogens is 244 g/mol. The molecule has 1 aromatic rings. The molecule has 2 rings (SSSR count). The Balaban J connectivity index is 2.03. The SMILES string of the molecule is O=C(O)C1CCCCC1Cc1ccc(Cl)s1. The first-order valence-electron chi connectivity index (χ1n) is 5.64. The largest absolute Gasteiger partial charge is 0.481 e. The monoisotopic (exact) mass is 258 g/mol. The Morgan fingerprint density at radius 3 is 2.81 bits per heavy atom. The molecule has 1 aromatic heterocycles. The molecule has 2 nitrogen and oxygen atoms in total. The summed E-state index contributed by atoms with van der Waals surface area (Å²) in [5, 5.41) is 9.17. The maximum absolute atomic E-state index is 11.1. The van der Waals surface area contributed by atoms with E-state index in [9.17, 15) is 4.79 Å². The summed E-state index contributed by atoms with van der Waals surface area (Å²) >= 11 is 7.45. The smallest absolute Gasteiger partial charge is 0.306 e. The van der Waals surface area contributed by atoms with Gasteiger partial charge in [-0.25, -0.2) is 0 Å². The lowest BCUT2D eigenvalue weighted by Crippen LogP contribution is -2.28. The van der Waals surface area contributed by atoms with Crippen LogP contribution in [0.2, 0.25) is 4.34 Å². The van der Waals surface area contributed by atoms with Crippen LogP contribution < -0.4 is 0 Å². The van der Waals surface area contributed by atoms with Crippen LogP contribution in [0.1, 0.15) is 30.6 Å². The lowest BCUT2D eigenvalue weighted by molar-refractivity contribution is -0.144. The van der Waals surface area contributed by atoms with Crippen LogP contribution in [0.4, 0.5) is 0 Å². The third-order valence-corrected chi connectivity index (χ3v) is 4.57. The van der Waals surface area contributed by atoms with E-state index in [1.165, 1.54) is 4.88 Å². The van der Waals surface area contributed by atoms with Crippen molar-refractivity contribution in [3.05, 3.63) is 21.3 Å². The third-order valence-electron chi connectivity index (χ3n) is 3.32. The summed E-state index contributed by atoms with van der Waals surface area (Å²) in [6.45, 7) is 0. The average Bonchev–Trinajstić information content (AvgIpc) is 2.64. The van der Waals surface area contributed by atoms with Gasteiger partial charge < -0.3 is 5.11 Å². The Morgan fingerprint density at radius 2 is 2.19 bits per heavy atom. The maximum atomic E-state index is 11.1. The van der Waals surface area contributed by atoms with Crippen molar-refractivity contribution in [3.63, 3.8) is 0 Å². The van der Waals surface area contributed by atoms with E-state index < -0.39 is 5.97 Å². The molecule has 0 bridgehead atoms. The normalized spacial score (nSPS) is 25.6. The van der Waals surface area contributed by atoms with E-state index in [1.54, 1.807) is 11.3 Å². The van der Waals surface area contributed by atoms with Crippen molar-refractivity contribution in [1.82, 2.24) is 0 Å². The second kappa shape index (κ2) is 5.19. The van der Waals surface area contributed by atoms with Crippen LogP contribution in [0, 0.1) is 11.8 Å². The van der Waals surface area contributed by atoms with Crippen molar-refractivity contribution in [3.8, 4) is 0 Å². The Morgan fingerprint density at radius 1 is 1.44 bits per heavy atom. The van der Waals surface area contributed by atoms with Crippen molar-refractivity contribution >= 4 is 28.9 Å². The van der Waals surface area contributed by atoms with Gasteiger partial charge in [-0.1, -0.05) is 24.4 Å². The van der Waals surface area contributed by atoms with Crippen molar-refractivity contribution in [2.75, 3.05) is 0 Å². The number of hydrogen-bond donors (Lipinski definition) is 1. The summed E-state index contributed by atoms with van der Waals surface area (Å²) in [4.78, 5) is 12.3. The van der Waals surface area contributed by atoms with E-state index in [4.69, 9.17) is 16.7 Å². The van der Waals surface area contributed by atoms with Gasteiger partial charge >= 0.3 is 5.97 Å². The van der Waals surface area contributed by atoms with Gasteiger partial charge in [-0.15, -0.1) is 11.3 Å². The van der Waals surface area contributed by atoms with Crippen molar-refractivity contribution in [1.29, 1.82) is 0 Å². The molecule has 0 radical (unpaired) electrons. The van der Waals surface area contributed by atoms with E-state index in [1.807, 2.05) is 12.1 Å². The van der Waals surface area contributed by atoms with E-state index in [2.05, 4.69) is 0 Å². The molecule has 0 amide bonds. The van der Waals surface area contributed by atoms with Gasteiger partial charge in [0.05, 0.1) is 10.3 Å². The fourth-order valence-corrected chi connectivity index (χ4v) is 3.68. The van der Waals surface area contributed by atoms with Crippen molar-refractivity contribution in [2.45, 2.75) is 32.1 Å². The highest BCUT2D eigenvalue weighted by Gasteiger charge is 2.30. The highest BCUT2D eigenvalue weighted by Crippen LogP contribution is 2.34. The third kappa shape index (κ3) is 2.77. The summed E-state index contributed by atoms with van der Waals surface area (Å²) in [6, 6.07) is 3.90. The maximum Gasteiger partial charge on any atom is 0.306 e. The molecule has 2 unspecified atom stereocenters. The van der Waals surface area contributed by atoms with Crippen LogP contribution in [0.3, 0.4) is 0 Å². The molecule has 0 spiro atoms. The van der Waals surface area contributed by atoms with Gasteiger partial charge in [0.15, 0.2) is 0 Å². The molecule has 16 heavy (non-hydrogen) atoms. The highest BCUT2D eigenvalue weighted by molar-refractivity contribution is 7.16. The van der Waals surface area contributed by atoms with Gasteiger partial charge in [0.2, 0.25) is 0 Å². The number of rotatable bonds is 3. The second-order valence-corrected chi connectivity index (χ2v) is 6.20. The second-order valence-electron chi connectivity index (χ2n) is 4.40. The summed E-state index contributed by atoms with van der Waals surface area (Å²) in [5.41, 5.74) is 0. The number of carboxylic acid groups (broad SMARTS) is 1. The Hall–Kier alpha value is -0.540. The lowest BCUT2D eigenvalue weighted by atomic mass is 9.77. The summed E-state index contributed by atoms with van der Waals surface area (Å²) in [7, 11) is 0.